The summed E-state index contributed by atoms with van der Waals surface area (Å²) in [6, 6.07) is 2.05. The van der Waals surface area contributed by atoms with Crippen molar-refractivity contribution in [1.29, 1.82) is 5.26 Å². The Morgan fingerprint density at radius 2 is 2.18 bits per heavy atom. The van der Waals surface area contributed by atoms with Crippen molar-refractivity contribution in [3.63, 3.8) is 0 Å². The van der Waals surface area contributed by atoms with Gasteiger partial charge in [0.25, 0.3) is 0 Å². The Morgan fingerprint density at radius 1 is 1.55 bits per heavy atom. The van der Waals surface area contributed by atoms with Crippen LogP contribution in [0.4, 0.5) is 0 Å². The van der Waals surface area contributed by atoms with E-state index in [1.165, 1.54) is 0 Å². The lowest BCUT2D eigenvalue weighted by molar-refractivity contribution is -0.105. The molecule has 0 saturated heterocycles. The van der Waals surface area contributed by atoms with Gasteiger partial charge >= 0.3 is 0 Å². The Hall–Kier alpha value is -1.10. The first kappa shape index (κ1) is 9.90. The fourth-order valence-electron chi connectivity index (χ4n) is 0.906. The molecule has 0 bridgehead atoms. The van der Waals surface area contributed by atoms with E-state index in [-0.39, 0.29) is 0 Å². The van der Waals surface area contributed by atoms with Crippen LogP contribution < -0.4 is 0 Å². The summed E-state index contributed by atoms with van der Waals surface area (Å²) in [6.07, 6.45) is 3.08. The zero-order valence-corrected chi connectivity index (χ0v) is 7.05. The molecule has 0 amide bonds. The summed E-state index contributed by atoms with van der Waals surface area (Å²) in [5.41, 5.74) is 1.29. The molecule has 0 aromatic rings. The second-order valence-corrected chi connectivity index (χ2v) is 2.34. The molecule has 0 unspecified atom stereocenters. The van der Waals surface area contributed by atoms with E-state index < -0.39 is 0 Å². The molecule has 0 aromatic carbocycles. The SMILES string of the molecule is CCCC(C#N)=C(C=O)CC. The van der Waals surface area contributed by atoms with Crippen LogP contribution in [0.2, 0.25) is 0 Å². The van der Waals surface area contributed by atoms with Gasteiger partial charge in [-0.3, -0.25) is 4.79 Å². The third-order valence-electron chi connectivity index (χ3n) is 1.55. The highest BCUT2D eigenvalue weighted by atomic mass is 16.1. The van der Waals surface area contributed by atoms with Crippen LogP contribution in [0.5, 0.6) is 0 Å². The van der Waals surface area contributed by atoms with Crippen molar-refractivity contribution in [1.82, 2.24) is 0 Å². The van der Waals surface area contributed by atoms with Crippen LogP contribution in [0.1, 0.15) is 33.1 Å². The summed E-state index contributed by atoms with van der Waals surface area (Å²) in [7, 11) is 0. The number of hydrogen-bond donors (Lipinski definition) is 0. The van der Waals surface area contributed by atoms with E-state index in [0.717, 1.165) is 19.1 Å². The monoisotopic (exact) mass is 151 g/mol. The Balaban J connectivity index is 4.51. The van der Waals surface area contributed by atoms with Crippen molar-refractivity contribution < 1.29 is 4.79 Å². The molecule has 0 heterocycles. The molecule has 0 rings (SSSR count). The highest BCUT2D eigenvalue weighted by Gasteiger charge is 2.01. The zero-order valence-electron chi connectivity index (χ0n) is 7.05. The van der Waals surface area contributed by atoms with Crippen molar-refractivity contribution in [2.24, 2.45) is 0 Å². The van der Waals surface area contributed by atoms with Gasteiger partial charge in [0.15, 0.2) is 0 Å². The van der Waals surface area contributed by atoms with E-state index in [2.05, 4.69) is 6.07 Å². The number of rotatable bonds is 4. The molecule has 0 radical (unpaired) electrons. The van der Waals surface area contributed by atoms with Crippen molar-refractivity contribution >= 4 is 6.29 Å². The lowest BCUT2D eigenvalue weighted by Gasteiger charge is -1.98. The molecule has 0 aliphatic heterocycles. The first-order chi connectivity index (χ1) is 5.29. The second-order valence-electron chi connectivity index (χ2n) is 2.34. The molecule has 11 heavy (non-hydrogen) atoms. The molecule has 2 nitrogen and oxygen atoms in total. The largest absolute Gasteiger partial charge is 0.298 e. The number of carbonyl (C=O) groups excluding carboxylic acids is 1. The predicted octanol–water partition coefficient (Wildman–Crippen LogP) is 2.22. The summed E-state index contributed by atoms with van der Waals surface area (Å²) in [5, 5.41) is 8.62. The van der Waals surface area contributed by atoms with Crippen molar-refractivity contribution in [2.75, 3.05) is 0 Å². The van der Waals surface area contributed by atoms with E-state index in [4.69, 9.17) is 5.26 Å². The highest BCUT2D eigenvalue weighted by Crippen LogP contribution is 2.10. The molecule has 60 valence electrons. The molecule has 0 aliphatic carbocycles. The van der Waals surface area contributed by atoms with Gasteiger partial charge in [-0.05, 0) is 12.8 Å². The van der Waals surface area contributed by atoms with Crippen molar-refractivity contribution in [2.45, 2.75) is 33.1 Å². The maximum absolute atomic E-state index is 10.4. The third kappa shape index (κ3) is 2.99. The quantitative estimate of drug-likeness (QED) is 0.351. The minimum Gasteiger partial charge on any atom is -0.298 e. The van der Waals surface area contributed by atoms with Crippen LogP contribution in [-0.4, -0.2) is 6.29 Å². The summed E-state index contributed by atoms with van der Waals surface area (Å²) in [5.74, 6) is 0. The summed E-state index contributed by atoms with van der Waals surface area (Å²) < 4.78 is 0. The van der Waals surface area contributed by atoms with Crippen LogP contribution in [0.25, 0.3) is 0 Å². The molecule has 0 spiro atoms. The topological polar surface area (TPSA) is 40.9 Å². The van der Waals surface area contributed by atoms with Gasteiger partial charge in [-0.2, -0.15) is 5.26 Å². The summed E-state index contributed by atoms with van der Waals surface area (Å²) in [6.45, 7) is 3.88. The fraction of sp³-hybridized carbons (Fsp3) is 0.556. The smallest absolute Gasteiger partial charge is 0.147 e. The lowest BCUT2D eigenvalue weighted by atomic mass is 10.0. The van der Waals surface area contributed by atoms with Gasteiger partial charge in [0.2, 0.25) is 0 Å². The van der Waals surface area contributed by atoms with E-state index in [1.54, 1.807) is 0 Å². The molecular weight excluding hydrogens is 138 g/mol. The number of hydrogen-bond acceptors (Lipinski definition) is 2. The third-order valence-corrected chi connectivity index (χ3v) is 1.55. The Bertz CT molecular complexity index is 198. The van der Waals surface area contributed by atoms with Gasteiger partial charge in [-0.1, -0.05) is 20.3 Å². The molecule has 2 heteroatoms. The van der Waals surface area contributed by atoms with Crippen molar-refractivity contribution in [3.8, 4) is 6.07 Å². The molecule has 0 N–H and O–H groups in total. The summed E-state index contributed by atoms with van der Waals surface area (Å²) >= 11 is 0. The van der Waals surface area contributed by atoms with Gasteiger partial charge in [-0.15, -0.1) is 0 Å². The van der Waals surface area contributed by atoms with E-state index in [1.807, 2.05) is 13.8 Å². The lowest BCUT2D eigenvalue weighted by Crippen LogP contribution is -1.90. The van der Waals surface area contributed by atoms with Gasteiger partial charge in [0.1, 0.15) is 6.29 Å². The zero-order chi connectivity index (χ0) is 8.69. The van der Waals surface area contributed by atoms with Crippen LogP contribution in [0.3, 0.4) is 0 Å². The van der Waals surface area contributed by atoms with E-state index in [0.29, 0.717) is 17.6 Å². The number of carbonyl (C=O) groups is 1. The van der Waals surface area contributed by atoms with Gasteiger partial charge in [-0.25, -0.2) is 0 Å². The number of aldehydes is 1. The van der Waals surface area contributed by atoms with Crippen LogP contribution in [0.15, 0.2) is 11.1 Å². The summed E-state index contributed by atoms with van der Waals surface area (Å²) in [4.78, 5) is 10.4. The van der Waals surface area contributed by atoms with Crippen LogP contribution in [-0.2, 0) is 4.79 Å². The molecule has 0 aliphatic rings. The van der Waals surface area contributed by atoms with E-state index in [9.17, 15) is 4.79 Å². The van der Waals surface area contributed by atoms with Crippen LogP contribution in [0, 0.1) is 11.3 Å². The van der Waals surface area contributed by atoms with Crippen molar-refractivity contribution in [3.05, 3.63) is 11.1 Å². The molecule has 0 saturated carbocycles. The number of nitriles is 1. The van der Waals surface area contributed by atoms with E-state index >= 15 is 0 Å². The minimum absolute atomic E-state index is 0.644. The first-order valence-corrected chi connectivity index (χ1v) is 3.87. The Labute approximate surface area is 67.5 Å². The average Bonchev–Trinajstić information content (AvgIpc) is 2.05. The Morgan fingerprint density at radius 3 is 2.45 bits per heavy atom. The predicted molar refractivity (Wildman–Crippen MR) is 43.9 cm³/mol. The second kappa shape index (κ2) is 5.67. The molecular formula is C9H13NO. The van der Waals surface area contributed by atoms with Gasteiger partial charge < -0.3 is 0 Å². The maximum Gasteiger partial charge on any atom is 0.147 e. The maximum atomic E-state index is 10.4. The van der Waals surface area contributed by atoms with Gasteiger partial charge in [0, 0.05) is 11.1 Å². The van der Waals surface area contributed by atoms with Gasteiger partial charge in [0.05, 0.1) is 6.07 Å². The first-order valence-electron chi connectivity index (χ1n) is 3.87. The Kier molecular flexibility index (Phi) is 5.10. The normalized spacial score (nSPS) is 11.7. The van der Waals surface area contributed by atoms with Crippen LogP contribution >= 0.6 is 0 Å². The minimum atomic E-state index is 0.644. The average molecular weight is 151 g/mol. The highest BCUT2D eigenvalue weighted by molar-refractivity contribution is 5.75. The molecule has 0 atom stereocenters. The molecule has 0 aromatic heterocycles. The number of nitrogens with zero attached hydrogens (tertiary/aromatic N) is 1. The fourth-order valence-corrected chi connectivity index (χ4v) is 0.906. The standard InChI is InChI=1S/C9H13NO/c1-3-5-9(6-10)8(4-2)7-11/h7H,3-5H2,1-2H3. The number of allylic oxidation sites excluding steroid dienone is 2. The molecule has 0 fully saturated rings.